The summed E-state index contributed by atoms with van der Waals surface area (Å²) in [5.41, 5.74) is 7.69. The summed E-state index contributed by atoms with van der Waals surface area (Å²) in [5, 5.41) is 3.99. The fourth-order valence-electron chi connectivity index (χ4n) is 2.87. The van der Waals surface area contributed by atoms with E-state index in [0.717, 1.165) is 36.8 Å². The van der Waals surface area contributed by atoms with Crippen molar-refractivity contribution in [2.45, 2.75) is 44.6 Å². The van der Waals surface area contributed by atoms with Crippen LogP contribution in [0.15, 0.2) is 22.7 Å². The molecule has 1 fully saturated rings. The molecule has 0 radical (unpaired) electrons. The van der Waals surface area contributed by atoms with E-state index in [2.05, 4.69) is 10.1 Å². The third-order valence-corrected chi connectivity index (χ3v) is 4.00. The van der Waals surface area contributed by atoms with Gasteiger partial charge in [0.2, 0.25) is 11.7 Å². The first-order valence-corrected chi connectivity index (χ1v) is 6.94. The summed E-state index contributed by atoms with van der Waals surface area (Å²) in [6.07, 6.45) is 4.93. The van der Waals surface area contributed by atoms with E-state index in [-0.39, 0.29) is 11.4 Å². The molecular weight excluding hydrogens is 257 g/mol. The Morgan fingerprint density at radius 3 is 2.80 bits per heavy atom. The molecule has 0 atom stereocenters. The second kappa shape index (κ2) is 4.98. The molecule has 0 amide bonds. The van der Waals surface area contributed by atoms with Gasteiger partial charge in [0.1, 0.15) is 5.82 Å². The van der Waals surface area contributed by atoms with Crippen molar-refractivity contribution in [2.24, 2.45) is 5.73 Å². The second-order valence-corrected chi connectivity index (χ2v) is 5.72. The van der Waals surface area contributed by atoms with Crippen LogP contribution in [-0.4, -0.2) is 15.7 Å². The molecular formula is C15H18FN3O. The number of aryl methyl sites for hydroxylation is 1. The van der Waals surface area contributed by atoms with Crippen LogP contribution in [0.1, 0.15) is 37.1 Å². The quantitative estimate of drug-likeness (QED) is 0.935. The molecule has 0 saturated heterocycles. The van der Waals surface area contributed by atoms with Crippen molar-refractivity contribution in [2.75, 3.05) is 0 Å². The van der Waals surface area contributed by atoms with Crippen LogP contribution in [0.5, 0.6) is 0 Å². The molecule has 1 heterocycles. The van der Waals surface area contributed by atoms with E-state index in [1.54, 1.807) is 6.07 Å². The number of aromatic nitrogens is 2. The Morgan fingerprint density at radius 2 is 2.10 bits per heavy atom. The third-order valence-electron chi connectivity index (χ3n) is 4.00. The predicted octanol–water partition coefficient (Wildman–Crippen LogP) is 3.00. The van der Waals surface area contributed by atoms with Crippen molar-refractivity contribution in [1.29, 1.82) is 0 Å². The molecule has 20 heavy (non-hydrogen) atoms. The summed E-state index contributed by atoms with van der Waals surface area (Å²) < 4.78 is 18.4. The van der Waals surface area contributed by atoms with E-state index < -0.39 is 0 Å². The summed E-state index contributed by atoms with van der Waals surface area (Å²) in [6.45, 7) is 1.83. The lowest BCUT2D eigenvalue weighted by atomic mass is 9.95. The van der Waals surface area contributed by atoms with Gasteiger partial charge in [-0.25, -0.2) is 4.39 Å². The molecule has 106 valence electrons. The van der Waals surface area contributed by atoms with Crippen LogP contribution in [0, 0.1) is 12.7 Å². The Balaban J connectivity index is 1.83. The number of nitrogens with zero attached hydrogens (tertiary/aromatic N) is 2. The topological polar surface area (TPSA) is 64.9 Å². The van der Waals surface area contributed by atoms with E-state index in [0.29, 0.717) is 18.1 Å². The molecule has 0 bridgehead atoms. The van der Waals surface area contributed by atoms with Crippen molar-refractivity contribution in [1.82, 2.24) is 10.1 Å². The molecule has 2 N–H and O–H groups in total. The summed E-state index contributed by atoms with van der Waals surface area (Å²) >= 11 is 0. The van der Waals surface area contributed by atoms with E-state index in [1.807, 2.05) is 6.92 Å². The Bertz CT molecular complexity index is 617. The first-order chi connectivity index (χ1) is 9.56. The van der Waals surface area contributed by atoms with Gasteiger partial charge in [-0.15, -0.1) is 0 Å². The number of hydrogen-bond donors (Lipinski definition) is 1. The molecule has 1 aliphatic carbocycles. The van der Waals surface area contributed by atoms with Gasteiger partial charge in [0.15, 0.2) is 0 Å². The van der Waals surface area contributed by atoms with Crippen LogP contribution in [0.4, 0.5) is 4.39 Å². The number of rotatable bonds is 3. The van der Waals surface area contributed by atoms with Crippen molar-refractivity contribution in [3.05, 3.63) is 35.5 Å². The molecule has 1 aliphatic rings. The zero-order valence-electron chi connectivity index (χ0n) is 11.5. The zero-order valence-corrected chi connectivity index (χ0v) is 11.5. The number of nitrogens with two attached hydrogens (primary N) is 1. The van der Waals surface area contributed by atoms with Crippen molar-refractivity contribution >= 4 is 0 Å². The third kappa shape index (κ3) is 2.58. The van der Waals surface area contributed by atoms with Gasteiger partial charge in [-0.05, 0) is 43.5 Å². The monoisotopic (exact) mass is 275 g/mol. The maximum atomic E-state index is 13.1. The van der Waals surface area contributed by atoms with Crippen molar-refractivity contribution < 1.29 is 8.91 Å². The molecule has 3 rings (SSSR count). The van der Waals surface area contributed by atoms with Crippen molar-refractivity contribution in [3.63, 3.8) is 0 Å². The summed E-state index contributed by atoms with van der Waals surface area (Å²) in [5.74, 6) is 0.800. The standard InChI is InChI=1S/C15H18FN3O/c1-10-8-11(16)4-5-12(10)14-18-13(20-19-14)9-15(17)6-2-3-7-15/h4-5,8H,2-3,6-7,9,17H2,1H3. The maximum Gasteiger partial charge on any atom is 0.228 e. The highest BCUT2D eigenvalue weighted by Crippen LogP contribution is 2.30. The molecule has 0 unspecified atom stereocenters. The normalized spacial score (nSPS) is 17.6. The summed E-state index contributed by atoms with van der Waals surface area (Å²) in [7, 11) is 0. The minimum absolute atomic E-state index is 0.207. The fourth-order valence-corrected chi connectivity index (χ4v) is 2.87. The van der Waals surface area contributed by atoms with Crippen LogP contribution >= 0.6 is 0 Å². The number of benzene rings is 1. The van der Waals surface area contributed by atoms with Gasteiger partial charge < -0.3 is 10.3 Å². The molecule has 4 nitrogen and oxygen atoms in total. The van der Waals surface area contributed by atoms with E-state index in [1.165, 1.54) is 12.1 Å². The largest absolute Gasteiger partial charge is 0.339 e. The number of halogens is 1. The minimum Gasteiger partial charge on any atom is -0.339 e. The molecule has 5 heteroatoms. The van der Waals surface area contributed by atoms with Gasteiger partial charge in [-0.3, -0.25) is 0 Å². The smallest absolute Gasteiger partial charge is 0.228 e. The lowest BCUT2D eigenvalue weighted by Crippen LogP contribution is -2.38. The molecule has 1 saturated carbocycles. The van der Waals surface area contributed by atoms with Gasteiger partial charge in [0, 0.05) is 17.5 Å². The van der Waals surface area contributed by atoms with Crippen molar-refractivity contribution in [3.8, 4) is 11.4 Å². The minimum atomic E-state index is -0.262. The van der Waals surface area contributed by atoms with Gasteiger partial charge in [0.05, 0.1) is 0 Å². The first kappa shape index (κ1) is 13.2. The SMILES string of the molecule is Cc1cc(F)ccc1-c1noc(CC2(N)CCCC2)n1. The average molecular weight is 275 g/mol. The Hall–Kier alpha value is -1.75. The highest BCUT2D eigenvalue weighted by atomic mass is 19.1. The van der Waals surface area contributed by atoms with Gasteiger partial charge in [-0.1, -0.05) is 18.0 Å². The molecule has 0 aliphatic heterocycles. The van der Waals surface area contributed by atoms with Crippen LogP contribution in [0.2, 0.25) is 0 Å². The van der Waals surface area contributed by atoms with E-state index in [9.17, 15) is 4.39 Å². The average Bonchev–Trinajstić information content (AvgIpc) is 2.99. The number of hydrogen-bond acceptors (Lipinski definition) is 4. The van der Waals surface area contributed by atoms with Gasteiger partial charge in [0.25, 0.3) is 0 Å². The Kier molecular flexibility index (Phi) is 3.30. The van der Waals surface area contributed by atoms with Crippen LogP contribution < -0.4 is 5.73 Å². The summed E-state index contributed by atoms with van der Waals surface area (Å²) in [4.78, 5) is 4.40. The molecule has 1 aromatic heterocycles. The first-order valence-electron chi connectivity index (χ1n) is 6.94. The highest BCUT2D eigenvalue weighted by Gasteiger charge is 2.31. The van der Waals surface area contributed by atoms with Gasteiger partial charge >= 0.3 is 0 Å². The lowest BCUT2D eigenvalue weighted by molar-refractivity contribution is 0.329. The van der Waals surface area contributed by atoms with Gasteiger partial charge in [-0.2, -0.15) is 4.98 Å². The second-order valence-electron chi connectivity index (χ2n) is 5.72. The highest BCUT2D eigenvalue weighted by molar-refractivity contribution is 5.59. The Labute approximate surface area is 117 Å². The molecule has 2 aromatic rings. The van der Waals surface area contributed by atoms with Crippen LogP contribution in [-0.2, 0) is 6.42 Å². The predicted molar refractivity (Wildman–Crippen MR) is 73.5 cm³/mol. The van der Waals surface area contributed by atoms with E-state index in [4.69, 9.17) is 10.3 Å². The zero-order chi connectivity index (χ0) is 14.2. The maximum absolute atomic E-state index is 13.1. The van der Waals surface area contributed by atoms with E-state index >= 15 is 0 Å². The van der Waals surface area contributed by atoms with Crippen LogP contribution in [0.25, 0.3) is 11.4 Å². The fraction of sp³-hybridized carbons (Fsp3) is 0.467. The Morgan fingerprint density at radius 1 is 1.35 bits per heavy atom. The van der Waals surface area contributed by atoms with Crippen LogP contribution in [0.3, 0.4) is 0 Å². The molecule has 0 spiro atoms. The lowest BCUT2D eigenvalue weighted by Gasteiger charge is -2.20. The summed E-state index contributed by atoms with van der Waals surface area (Å²) in [6, 6.07) is 4.54. The molecule has 1 aromatic carbocycles.